The fourth-order valence-electron chi connectivity index (χ4n) is 3.34. The summed E-state index contributed by atoms with van der Waals surface area (Å²) in [4.78, 5) is 8.77. The van der Waals surface area contributed by atoms with Gasteiger partial charge in [-0.25, -0.2) is 10.1 Å². The summed E-state index contributed by atoms with van der Waals surface area (Å²) in [5.74, 6) is 0.676. The molecule has 4 aromatic rings. The lowest BCUT2D eigenvalue weighted by molar-refractivity contribution is 0.714. The number of benzene rings is 1. The molecule has 0 radical (unpaired) electrons. The first-order valence-electron chi connectivity index (χ1n) is 8.59. The SMILES string of the molecule is CCc1c(-c2ccc(Cl)cc2)c2ncccc2n1CCNc1ncn[nH]1. The fraction of sp³-hybridized carbons (Fsp3) is 0.211. The first kappa shape index (κ1) is 16.6. The third-order valence-electron chi connectivity index (χ3n) is 4.44. The highest BCUT2D eigenvalue weighted by molar-refractivity contribution is 6.30. The van der Waals surface area contributed by atoms with Gasteiger partial charge in [-0.1, -0.05) is 30.7 Å². The summed E-state index contributed by atoms with van der Waals surface area (Å²) in [5, 5.41) is 10.7. The molecule has 0 amide bonds. The van der Waals surface area contributed by atoms with Gasteiger partial charge in [0.05, 0.1) is 11.0 Å². The molecule has 3 heterocycles. The summed E-state index contributed by atoms with van der Waals surface area (Å²) >= 11 is 6.07. The number of rotatable bonds is 6. The third kappa shape index (κ3) is 3.04. The van der Waals surface area contributed by atoms with Crippen molar-refractivity contribution in [3.63, 3.8) is 0 Å². The molecule has 0 aliphatic rings. The van der Waals surface area contributed by atoms with Gasteiger partial charge in [-0.2, -0.15) is 5.10 Å². The molecule has 132 valence electrons. The lowest BCUT2D eigenvalue weighted by atomic mass is 10.0. The van der Waals surface area contributed by atoms with Gasteiger partial charge in [0.15, 0.2) is 0 Å². The topological polar surface area (TPSA) is 71.4 Å². The first-order valence-corrected chi connectivity index (χ1v) is 8.97. The minimum atomic E-state index is 0.676. The van der Waals surface area contributed by atoms with Gasteiger partial charge < -0.3 is 9.88 Å². The van der Waals surface area contributed by atoms with E-state index >= 15 is 0 Å². The number of hydrogen-bond donors (Lipinski definition) is 2. The van der Waals surface area contributed by atoms with Gasteiger partial charge >= 0.3 is 0 Å². The molecular formula is C19H19ClN6. The second-order valence-corrected chi connectivity index (χ2v) is 6.40. The summed E-state index contributed by atoms with van der Waals surface area (Å²) in [7, 11) is 0. The maximum Gasteiger partial charge on any atom is 0.218 e. The zero-order chi connectivity index (χ0) is 17.9. The lowest BCUT2D eigenvalue weighted by Crippen LogP contribution is -2.13. The van der Waals surface area contributed by atoms with Crippen LogP contribution in [0.4, 0.5) is 5.95 Å². The molecule has 0 aliphatic carbocycles. The number of halogens is 1. The Morgan fingerprint density at radius 2 is 2.00 bits per heavy atom. The second-order valence-electron chi connectivity index (χ2n) is 5.97. The standard InChI is InChI=1S/C19H19ClN6/c1-2-15-17(13-5-7-14(20)8-6-13)18-16(4-3-9-21-18)26(15)11-10-22-19-23-12-24-25-19/h3-9,12H,2,10-11H2,1H3,(H2,22,23,24,25). The monoisotopic (exact) mass is 366 g/mol. The van der Waals surface area contributed by atoms with Crippen molar-refractivity contribution in [2.24, 2.45) is 0 Å². The molecule has 3 aromatic heterocycles. The summed E-state index contributed by atoms with van der Waals surface area (Å²) in [6.07, 6.45) is 4.25. The van der Waals surface area contributed by atoms with Crippen molar-refractivity contribution in [2.75, 3.05) is 11.9 Å². The first-order chi connectivity index (χ1) is 12.8. The zero-order valence-corrected chi connectivity index (χ0v) is 15.2. The highest BCUT2D eigenvalue weighted by Crippen LogP contribution is 2.34. The molecule has 0 unspecified atom stereocenters. The molecule has 0 fully saturated rings. The molecule has 6 nitrogen and oxygen atoms in total. The highest BCUT2D eigenvalue weighted by atomic mass is 35.5. The van der Waals surface area contributed by atoms with E-state index in [0.717, 1.165) is 41.1 Å². The predicted molar refractivity (Wildman–Crippen MR) is 104 cm³/mol. The van der Waals surface area contributed by atoms with Crippen molar-refractivity contribution in [1.82, 2.24) is 24.7 Å². The zero-order valence-electron chi connectivity index (χ0n) is 14.4. The fourth-order valence-corrected chi connectivity index (χ4v) is 3.47. The Labute approximate surface area is 156 Å². The van der Waals surface area contributed by atoms with Crippen molar-refractivity contribution in [3.8, 4) is 11.1 Å². The van der Waals surface area contributed by atoms with Gasteiger partial charge in [0.1, 0.15) is 6.33 Å². The van der Waals surface area contributed by atoms with Crippen LogP contribution in [0.3, 0.4) is 0 Å². The van der Waals surface area contributed by atoms with E-state index in [1.54, 1.807) is 0 Å². The van der Waals surface area contributed by atoms with Crippen LogP contribution in [-0.4, -0.2) is 31.3 Å². The number of H-pyrrole nitrogens is 1. The van der Waals surface area contributed by atoms with Gasteiger partial charge in [-0.15, -0.1) is 0 Å². The third-order valence-corrected chi connectivity index (χ3v) is 4.69. The number of hydrogen-bond acceptors (Lipinski definition) is 4. The van der Waals surface area contributed by atoms with Crippen LogP contribution >= 0.6 is 11.6 Å². The van der Waals surface area contributed by atoms with Crippen molar-refractivity contribution in [2.45, 2.75) is 19.9 Å². The highest BCUT2D eigenvalue weighted by Gasteiger charge is 2.18. The molecule has 0 atom stereocenters. The normalized spacial score (nSPS) is 11.2. The molecule has 2 N–H and O–H groups in total. The Balaban J connectivity index is 1.75. The van der Waals surface area contributed by atoms with Crippen LogP contribution in [0.1, 0.15) is 12.6 Å². The Morgan fingerprint density at radius 1 is 1.15 bits per heavy atom. The van der Waals surface area contributed by atoms with Gasteiger partial charge in [0, 0.05) is 35.6 Å². The summed E-state index contributed by atoms with van der Waals surface area (Å²) < 4.78 is 2.33. The maximum absolute atomic E-state index is 6.07. The number of fused-ring (bicyclic) bond motifs is 1. The Bertz CT molecular complexity index is 1000. The molecule has 0 saturated heterocycles. The summed E-state index contributed by atoms with van der Waals surface area (Å²) in [6, 6.07) is 12.1. The minimum Gasteiger partial charge on any atom is -0.353 e. The van der Waals surface area contributed by atoms with Crippen molar-refractivity contribution in [1.29, 1.82) is 0 Å². The van der Waals surface area contributed by atoms with E-state index in [2.05, 4.69) is 55.2 Å². The largest absolute Gasteiger partial charge is 0.353 e. The quantitative estimate of drug-likeness (QED) is 0.537. The smallest absolute Gasteiger partial charge is 0.218 e. The van der Waals surface area contributed by atoms with Crippen molar-refractivity contribution < 1.29 is 0 Å². The molecule has 7 heteroatoms. The van der Waals surface area contributed by atoms with Crippen molar-refractivity contribution in [3.05, 3.63) is 59.6 Å². The van der Waals surface area contributed by atoms with E-state index in [1.807, 2.05) is 24.4 Å². The minimum absolute atomic E-state index is 0.676. The number of nitrogens with zero attached hydrogens (tertiary/aromatic N) is 4. The average molecular weight is 367 g/mol. The van der Waals surface area contributed by atoms with Gasteiger partial charge in [-0.3, -0.25) is 4.98 Å². The lowest BCUT2D eigenvalue weighted by Gasteiger charge is -2.11. The molecule has 0 aliphatic heterocycles. The van der Waals surface area contributed by atoms with Crippen LogP contribution in [-0.2, 0) is 13.0 Å². The Kier molecular flexibility index (Phi) is 4.58. The van der Waals surface area contributed by atoms with Gasteiger partial charge in [0.2, 0.25) is 5.95 Å². The molecular weight excluding hydrogens is 348 g/mol. The molecule has 4 rings (SSSR count). The van der Waals surface area contributed by atoms with E-state index in [9.17, 15) is 0 Å². The van der Waals surface area contributed by atoms with Gasteiger partial charge in [0.25, 0.3) is 0 Å². The van der Waals surface area contributed by atoms with E-state index in [0.29, 0.717) is 5.95 Å². The number of aromatic nitrogens is 5. The van der Waals surface area contributed by atoms with E-state index in [-0.39, 0.29) is 0 Å². The van der Waals surface area contributed by atoms with Crippen LogP contribution < -0.4 is 5.32 Å². The number of pyridine rings is 1. The van der Waals surface area contributed by atoms with E-state index in [1.165, 1.54) is 17.6 Å². The summed E-state index contributed by atoms with van der Waals surface area (Å²) in [5.41, 5.74) is 5.73. The second kappa shape index (κ2) is 7.17. The van der Waals surface area contributed by atoms with Crippen LogP contribution in [0, 0.1) is 0 Å². The van der Waals surface area contributed by atoms with Crippen LogP contribution in [0.2, 0.25) is 5.02 Å². The van der Waals surface area contributed by atoms with E-state index < -0.39 is 0 Å². The van der Waals surface area contributed by atoms with Crippen molar-refractivity contribution >= 4 is 28.6 Å². The predicted octanol–water partition coefficient (Wildman–Crippen LogP) is 4.15. The Hall–Kier alpha value is -2.86. The average Bonchev–Trinajstić information content (AvgIpc) is 3.29. The molecule has 0 saturated carbocycles. The van der Waals surface area contributed by atoms with E-state index in [4.69, 9.17) is 11.6 Å². The molecule has 0 spiro atoms. The summed E-state index contributed by atoms with van der Waals surface area (Å²) in [6.45, 7) is 3.72. The van der Waals surface area contributed by atoms with Gasteiger partial charge in [-0.05, 0) is 36.2 Å². The number of aromatic amines is 1. The number of nitrogens with one attached hydrogen (secondary N) is 2. The number of anilines is 1. The Morgan fingerprint density at radius 3 is 2.73 bits per heavy atom. The molecule has 1 aromatic carbocycles. The van der Waals surface area contributed by atoms with Crippen LogP contribution in [0.5, 0.6) is 0 Å². The molecule has 0 bridgehead atoms. The molecule has 26 heavy (non-hydrogen) atoms. The van der Waals surface area contributed by atoms with Crippen LogP contribution in [0.15, 0.2) is 48.9 Å². The maximum atomic E-state index is 6.07. The van der Waals surface area contributed by atoms with Crippen LogP contribution in [0.25, 0.3) is 22.2 Å².